The predicted molar refractivity (Wildman–Crippen MR) is 66.0 cm³/mol. The standard InChI is InChI=1S/C13H21NO3/c1-10-5-3-4-6-13(10)17-9-12(16)8-14-7-11(2)15/h3-6,11-12,14-16H,7-9H2,1-2H3/p+1/t11-,12-/m1/s1. The van der Waals surface area contributed by atoms with Crippen molar-refractivity contribution in [2.75, 3.05) is 19.7 Å². The molecule has 17 heavy (non-hydrogen) atoms. The molecule has 0 heterocycles. The number of para-hydroxylation sites is 1. The van der Waals surface area contributed by atoms with E-state index in [-0.39, 0.29) is 12.7 Å². The normalized spacial score (nSPS) is 14.4. The number of hydrogen-bond donors (Lipinski definition) is 3. The molecule has 0 fully saturated rings. The quantitative estimate of drug-likeness (QED) is 0.612. The van der Waals surface area contributed by atoms with E-state index in [0.29, 0.717) is 13.1 Å². The molecule has 0 aliphatic rings. The highest BCUT2D eigenvalue weighted by Gasteiger charge is 2.09. The molecule has 0 amide bonds. The molecule has 0 spiro atoms. The van der Waals surface area contributed by atoms with Crippen LogP contribution in [0.15, 0.2) is 24.3 Å². The lowest BCUT2D eigenvalue weighted by Crippen LogP contribution is -2.88. The Bertz CT molecular complexity index is 328. The summed E-state index contributed by atoms with van der Waals surface area (Å²) in [7, 11) is 0. The Morgan fingerprint density at radius 2 is 1.94 bits per heavy atom. The van der Waals surface area contributed by atoms with Crippen LogP contribution in [0.25, 0.3) is 0 Å². The second-order valence-electron chi connectivity index (χ2n) is 4.34. The van der Waals surface area contributed by atoms with E-state index in [9.17, 15) is 5.11 Å². The summed E-state index contributed by atoms with van der Waals surface area (Å²) < 4.78 is 5.52. The van der Waals surface area contributed by atoms with Crippen LogP contribution >= 0.6 is 0 Å². The van der Waals surface area contributed by atoms with Crippen LogP contribution in [0.2, 0.25) is 0 Å². The monoisotopic (exact) mass is 240 g/mol. The predicted octanol–water partition coefficient (Wildman–Crippen LogP) is -0.321. The minimum atomic E-state index is -0.520. The van der Waals surface area contributed by atoms with Crippen molar-refractivity contribution in [1.82, 2.24) is 0 Å². The molecule has 0 saturated heterocycles. The zero-order chi connectivity index (χ0) is 12.7. The SMILES string of the molecule is Cc1ccccc1OC[C@H](O)C[NH2+]C[C@@H](C)O. The molecule has 4 nitrogen and oxygen atoms in total. The van der Waals surface area contributed by atoms with Gasteiger partial charge in [0.2, 0.25) is 0 Å². The van der Waals surface area contributed by atoms with E-state index in [0.717, 1.165) is 11.3 Å². The average Bonchev–Trinajstić information content (AvgIpc) is 2.27. The molecule has 2 atom stereocenters. The van der Waals surface area contributed by atoms with E-state index in [1.807, 2.05) is 36.5 Å². The summed E-state index contributed by atoms with van der Waals surface area (Å²) in [6.07, 6.45) is -0.868. The molecule has 0 aliphatic carbocycles. The van der Waals surface area contributed by atoms with Crippen LogP contribution in [-0.2, 0) is 0 Å². The van der Waals surface area contributed by atoms with Gasteiger partial charge < -0.3 is 20.3 Å². The van der Waals surface area contributed by atoms with Crippen molar-refractivity contribution in [2.24, 2.45) is 0 Å². The Morgan fingerprint density at radius 3 is 2.59 bits per heavy atom. The number of ether oxygens (including phenoxy) is 1. The van der Waals surface area contributed by atoms with Crippen molar-refractivity contribution >= 4 is 0 Å². The van der Waals surface area contributed by atoms with Gasteiger partial charge in [0, 0.05) is 0 Å². The third kappa shape index (κ3) is 5.68. The van der Waals surface area contributed by atoms with Gasteiger partial charge in [0.1, 0.15) is 31.5 Å². The number of nitrogens with two attached hydrogens (primary N) is 1. The smallest absolute Gasteiger partial charge is 0.137 e. The minimum Gasteiger partial charge on any atom is -0.490 e. The fourth-order valence-electron chi connectivity index (χ4n) is 1.50. The molecule has 0 unspecified atom stereocenters. The molecule has 1 aromatic rings. The Balaban J connectivity index is 2.24. The Hall–Kier alpha value is -1.10. The van der Waals surface area contributed by atoms with Crippen LogP contribution in [0.4, 0.5) is 0 Å². The van der Waals surface area contributed by atoms with E-state index < -0.39 is 6.10 Å². The van der Waals surface area contributed by atoms with Gasteiger partial charge in [0.05, 0.1) is 6.10 Å². The lowest BCUT2D eigenvalue weighted by atomic mass is 10.2. The number of aliphatic hydroxyl groups excluding tert-OH is 2. The van der Waals surface area contributed by atoms with Gasteiger partial charge in [0.15, 0.2) is 0 Å². The lowest BCUT2D eigenvalue weighted by molar-refractivity contribution is -0.666. The number of quaternary nitrogens is 1. The number of rotatable bonds is 7. The van der Waals surface area contributed by atoms with E-state index >= 15 is 0 Å². The fourth-order valence-corrected chi connectivity index (χ4v) is 1.50. The highest BCUT2D eigenvalue weighted by Crippen LogP contribution is 2.15. The third-order valence-corrected chi connectivity index (χ3v) is 2.47. The van der Waals surface area contributed by atoms with Crippen LogP contribution in [0.1, 0.15) is 12.5 Å². The first-order chi connectivity index (χ1) is 8.09. The van der Waals surface area contributed by atoms with Gasteiger partial charge in [-0.15, -0.1) is 0 Å². The fraction of sp³-hybridized carbons (Fsp3) is 0.538. The highest BCUT2D eigenvalue weighted by molar-refractivity contribution is 5.31. The van der Waals surface area contributed by atoms with Gasteiger partial charge in [0.25, 0.3) is 0 Å². The summed E-state index contributed by atoms with van der Waals surface area (Å²) in [6.45, 7) is 5.12. The van der Waals surface area contributed by atoms with E-state index in [1.54, 1.807) is 6.92 Å². The Kier molecular flexibility index (Phi) is 5.97. The average molecular weight is 240 g/mol. The van der Waals surface area contributed by atoms with E-state index in [1.165, 1.54) is 0 Å². The molecule has 1 aromatic carbocycles. The van der Waals surface area contributed by atoms with Crippen LogP contribution in [-0.4, -0.2) is 42.1 Å². The summed E-state index contributed by atoms with van der Waals surface area (Å²) in [4.78, 5) is 0. The molecule has 4 heteroatoms. The van der Waals surface area contributed by atoms with Crippen molar-refractivity contribution in [2.45, 2.75) is 26.1 Å². The maximum Gasteiger partial charge on any atom is 0.137 e. The van der Waals surface area contributed by atoms with Crippen LogP contribution < -0.4 is 10.1 Å². The van der Waals surface area contributed by atoms with Gasteiger partial charge in [-0.3, -0.25) is 0 Å². The number of aliphatic hydroxyl groups is 2. The van der Waals surface area contributed by atoms with Crippen LogP contribution in [0.3, 0.4) is 0 Å². The van der Waals surface area contributed by atoms with Gasteiger partial charge in [-0.05, 0) is 25.5 Å². The van der Waals surface area contributed by atoms with Crippen molar-refractivity contribution in [1.29, 1.82) is 0 Å². The molecule has 96 valence electrons. The zero-order valence-corrected chi connectivity index (χ0v) is 10.5. The summed E-state index contributed by atoms with van der Waals surface area (Å²) in [6, 6.07) is 7.73. The van der Waals surface area contributed by atoms with Gasteiger partial charge in [-0.2, -0.15) is 0 Å². The third-order valence-electron chi connectivity index (χ3n) is 2.47. The topological polar surface area (TPSA) is 66.3 Å². The summed E-state index contributed by atoms with van der Waals surface area (Å²) in [5.41, 5.74) is 1.06. The first kappa shape index (κ1) is 14.0. The van der Waals surface area contributed by atoms with Crippen molar-refractivity contribution in [3.8, 4) is 5.75 Å². The first-order valence-corrected chi connectivity index (χ1v) is 5.96. The molecule has 1 rings (SSSR count). The van der Waals surface area contributed by atoms with Crippen molar-refractivity contribution < 1.29 is 20.3 Å². The molecular weight excluding hydrogens is 218 g/mol. The Morgan fingerprint density at radius 1 is 1.24 bits per heavy atom. The number of benzene rings is 1. The maximum atomic E-state index is 9.68. The van der Waals surface area contributed by atoms with Gasteiger partial charge in [-0.1, -0.05) is 18.2 Å². The summed E-state index contributed by atoms with van der Waals surface area (Å²) in [5.74, 6) is 0.807. The molecule has 4 N–H and O–H groups in total. The van der Waals surface area contributed by atoms with Gasteiger partial charge >= 0.3 is 0 Å². The zero-order valence-electron chi connectivity index (χ0n) is 10.5. The number of hydrogen-bond acceptors (Lipinski definition) is 3. The Labute approximate surface area is 102 Å². The van der Waals surface area contributed by atoms with E-state index in [4.69, 9.17) is 9.84 Å². The largest absolute Gasteiger partial charge is 0.490 e. The van der Waals surface area contributed by atoms with Crippen LogP contribution in [0.5, 0.6) is 5.75 Å². The summed E-state index contributed by atoms with van der Waals surface area (Å²) >= 11 is 0. The molecule has 0 radical (unpaired) electrons. The van der Waals surface area contributed by atoms with Crippen molar-refractivity contribution in [3.05, 3.63) is 29.8 Å². The highest BCUT2D eigenvalue weighted by atomic mass is 16.5. The summed E-state index contributed by atoms with van der Waals surface area (Å²) in [5, 5.41) is 20.6. The minimum absolute atomic E-state index is 0.279. The molecule has 0 bridgehead atoms. The second-order valence-corrected chi connectivity index (χ2v) is 4.34. The number of aryl methyl sites for hydroxylation is 1. The second kappa shape index (κ2) is 7.27. The molecular formula is C13H22NO3+. The van der Waals surface area contributed by atoms with E-state index in [2.05, 4.69) is 0 Å². The van der Waals surface area contributed by atoms with Crippen molar-refractivity contribution in [3.63, 3.8) is 0 Å². The lowest BCUT2D eigenvalue weighted by Gasteiger charge is -2.13. The maximum absolute atomic E-state index is 9.68. The molecule has 0 aliphatic heterocycles. The molecule has 0 saturated carbocycles. The van der Waals surface area contributed by atoms with Crippen LogP contribution in [0, 0.1) is 6.92 Å². The first-order valence-electron chi connectivity index (χ1n) is 5.96. The molecule has 0 aromatic heterocycles. The van der Waals surface area contributed by atoms with Gasteiger partial charge in [-0.25, -0.2) is 0 Å².